The van der Waals surface area contributed by atoms with Gasteiger partial charge in [0.2, 0.25) is 0 Å². The molecule has 5 aromatic carbocycles. The van der Waals surface area contributed by atoms with Gasteiger partial charge in [-0.05, 0) is 72.8 Å². The van der Waals surface area contributed by atoms with E-state index in [4.69, 9.17) is 20.4 Å². The van der Waals surface area contributed by atoms with Gasteiger partial charge in [-0.15, -0.1) is 15.9 Å². The second-order valence-electron chi connectivity index (χ2n) is 7.75. The van der Waals surface area contributed by atoms with Gasteiger partial charge in [0.25, 0.3) is 0 Å². The number of rotatable bonds is 2. The van der Waals surface area contributed by atoms with Crippen LogP contribution in [0.3, 0.4) is 0 Å². The molecule has 0 radical (unpaired) electrons. The zero-order valence-electron chi connectivity index (χ0n) is 22.9. The minimum atomic E-state index is -0.489. The summed E-state index contributed by atoms with van der Waals surface area (Å²) in [6.07, 6.45) is 0. The van der Waals surface area contributed by atoms with Gasteiger partial charge < -0.3 is 15.3 Å². The first-order valence-corrected chi connectivity index (χ1v) is 15.6. The molecule has 0 aliphatic rings. The van der Waals surface area contributed by atoms with Crippen LogP contribution in [0.2, 0.25) is 0 Å². The zero-order valence-corrected chi connectivity index (χ0v) is 33.9. The third-order valence-electron chi connectivity index (χ3n) is 4.62. The predicted molar refractivity (Wildman–Crippen MR) is 183 cm³/mol. The number of hydrogen-bond acceptors (Lipinski definition) is 5. The van der Waals surface area contributed by atoms with Crippen LogP contribution in [0.1, 0.15) is 11.1 Å². The molecule has 44 heavy (non-hydrogen) atoms. The summed E-state index contributed by atoms with van der Waals surface area (Å²) in [5, 5.41) is 26.1. The Bertz CT molecular complexity index is 1670. The van der Waals surface area contributed by atoms with Gasteiger partial charge in [-0.25, -0.2) is 4.39 Å². The molecule has 0 atom stereocenters. The molecule has 0 aromatic heterocycles. The van der Waals surface area contributed by atoms with Crippen molar-refractivity contribution in [3.05, 3.63) is 155 Å². The fourth-order valence-corrected chi connectivity index (χ4v) is 4.48. The van der Waals surface area contributed by atoms with Crippen molar-refractivity contribution in [2.45, 2.75) is 0 Å². The van der Waals surface area contributed by atoms with Crippen LogP contribution in [0.25, 0.3) is 0 Å². The monoisotopic (exact) mass is 933 g/mol. The van der Waals surface area contributed by atoms with Crippen molar-refractivity contribution in [2.75, 3.05) is 0 Å². The van der Waals surface area contributed by atoms with Gasteiger partial charge >= 0.3 is 51.4 Å². The number of aromatic hydroxyl groups is 1. The average molecular weight is 938 g/mol. The van der Waals surface area contributed by atoms with Crippen LogP contribution in [0, 0.1) is 34.5 Å². The Morgan fingerprint density at radius 2 is 1.20 bits per heavy atom. The van der Waals surface area contributed by atoms with Gasteiger partial charge in [-0.3, -0.25) is 0 Å². The fourth-order valence-electron chi connectivity index (χ4n) is 2.76. The molecule has 0 spiro atoms. The number of ether oxygens (including phenoxy) is 1. The maximum Gasteiger partial charge on any atom is 1.00 e. The summed E-state index contributed by atoms with van der Waals surface area (Å²) in [6.45, 7) is 0. The van der Waals surface area contributed by atoms with E-state index < -0.39 is 5.82 Å². The molecule has 5 rings (SSSR count). The quantitative estimate of drug-likeness (QED) is 0.141. The Hall–Kier alpha value is -1.39. The topological polar surface area (TPSA) is 107 Å². The minimum Gasteiger partial charge on any atom is -0.870 e. The molecule has 0 aliphatic heterocycles. The smallest absolute Gasteiger partial charge is 0.870 e. The molecular formula is C32H20Br5FKN2O3-. The Morgan fingerprint density at radius 3 is 1.66 bits per heavy atom. The molecule has 0 amide bonds. The largest absolute Gasteiger partial charge is 1.00 e. The van der Waals surface area contributed by atoms with Crippen molar-refractivity contribution in [1.29, 1.82) is 10.5 Å². The number of benzene rings is 5. The Labute approximate surface area is 340 Å². The van der Waals surface area contributed by atoms with E-state index >= 15 is 0 Å². The molecule has 220 valence electrons. The van der Waals surface area contributed by atoms with E-state index in [2.05, 4.69) is 91.8 Å². The summed E-state index contributed by atoms with van der Waals surface area (Å²) < 4.78 is 22.7. The summed E-state index contributed by atoms with van der Waals surface area (Å²) in [5.41, 5.74) is 0.580. The minimum absolute atomic E-state index is 0. The zero-order chi connectivity index (χ0) is 30.9. The van der Waals surface area contributed by atoms with Crippen LogP contribution >= 0.6 is 79.6 Å². The van der Waals surface area contributed by atoms with Crippen LogP contribution in [0.5, 0.6) is 17.2 Å². The molecule has 12 heteroatoms. The molecule has 0 saturated carbocycles. The first-order valence-electron chi connectivity index (χ1n) is 11.7. The van der Waals surface area contributed by atoms with Crippen molar-refractivity contribution in [2.24, 2.45) is 0 Å². The Balaban J connectivity index is 0.000000590. The third-order valence-corrected chi connectivity index (χ3v) is 7.08. The van der Waals surface area contributed by atoms with Crippen LogP contribution in [0.4, 0.5) is 4.39 Å². The van der Waals surface area contributed by atoms with Gasteiger partial charge in [0.15, 0.2) is 0 Å². The fraction of sp³-hybridized carbons (Fsp3) is 0. The molecular weight excluding hydrogens is 918 g/mol. The van der Waals surface area contributed by atoms with Gasteiger partial charge in [-0.2, -0.15) is 40.9 Å². The van der Waals surface area contributed by atoms with Crippen molar-refractivity contribution in [3.8, 4) is 29.4 Å². The molecule has 0 saturated heterocycles. The molecule has 0 bridgehead atoms. The second-order valence-corrected chi connectivity index (χ2v) is 12.3. The summed E-state index contributed by atoms with van der Waals surface area (Å²) in [4.78, 5) is 0. The van der Waals surface area contributed by atoms with Gasteiger partial charge in [0.1, 0.15) is 35.2 Å². The van der Waals surface area contributed by atoms with E-state index in [1.807, 2.05) is 60.7 Å². The number of nitriles is 2. The summed E-state index contributed by atoms with van der Waals surface area (Å²) in [6, 6.07) is 38.4. The number of phenolic OH excluding ortho intramolecular Hbond substituents is 1. The van der Waals surface area contributed by atoms with E-state index in [-0.39, 0.29) is 62.4 Å². The van der Waals surface area contributed by atoms with E-state index in [1.54, 1.807) is 42.5 Å². The van der Waals surface area contributed by atoms with E-state index in [9.17, 15) is 4.39 Å². The summed E-state index contributed by atoms with van der Waals surface area (Å²) in [7, 11) is 0. The van der Waals surface area contributed by atoms with Crippen LogP contribution in [-0.4, -0.2) is 10.6 Å². The second kappa shape index (κ2) is 23.9. The van der Waals surface area contributed by atoms with E-state index in [1.165, 1.54) is 12.1 Å². The van der Waals surface area contributed by atoms with E-state index in [0.29, 0.717) is 27.3 Å². The first kappa shape index (κ1) is 42.6. The van der Waals surface area contributed by atoms with Crippen LogP contribution in [-0.2, 0) is 0 Å². The van der Waals surface area contributed by atoms with Crippen LogP contribution < -0.4 is 56.1 Å². The van der Waals surface area contributed by atoms with Crippen molar-refractivity contribution >= 4 is 79.6 Å². The summed E-state index contributed by atoms with van der Waals surface area (Å²) in [5.74, 6) is 1.03. The molecule has 5 nitrogen and oxygen atoms in total. The standard InChI is InChI=1S/C13H7Br2NO.C7H3BrFN.C6H5BrO.C6H4Br.K.H2O/c14-10-2-1-3-12(6-10)17-13-7-11(15)5-4-9(13)8-16;8-6-2-1-5(4-10)7(9)3-6;7-5-2-1-3-6(8)4-5;7-6-4-2-1-3-5-6;;/h1-7H;1-3H;1-4,8H;1-2,4-5H;;1H2/q;;;-1;+1;/p-1. The average Bonchev–Trinajstić information content (AvgIpc) is 2.95. The van der Waals surface area contributed by atoms with Crippen molar-refractivity contribution < 1.29 is 71.1 Å². The molecule has 5 aromatic rings. The molecule has 2 N–H and O–H groups in total. The Kier molecular flexibility index (Phi) is 23.1. The molecule has 0 fully saturated rings. The van der Waals surface area contributed by atoms with Crippen molar-refractivity contribution in [1.82, 2.24) is 0 Å². The number of hydrogen-bond donors (Lipinski definition) is 1. The first-order chi connectivity index (χ1) is 20.1. The number of nitrogens with zero attached hydrogens (tertiary/aromatic N) is 2. The summed E-state index contributed by atoms with van der Waals surface area (Å²) >= 11 is 16.3. The number of halogens is 6. The SMILES string of the molecule is Brc1c[c-]ccc1.N#Cc1ccc(Br)cc1F.N#Cc1ccc(Br)cc1Oc1cccc(Br)c1.Oc1cccc(Br)c1.[K+].[OH-]. The van der Waals surface area contributed by atoms with Gasteiger partial charge in [0, 0.05) is 17.9 Å². The molecule has 0 heterocycles. The van der Waals surface area contributed by atoms with Gasteiger partial charge in [0.05, 0.1) is 11.1 Å². The Morgan fingerprint density at radius 1 is 0.659 bits per heavy atom. The van der Waals surface area contributed by atoms with Crippen LogP contribution in [0.15, 0.2) is 132 Å². The van der Waals surface area contributed by atoms with Crippen molar-refractivity contribution in [3.63, 3.8) is 0 Å². The number of phenols is 1. The van der Waals surface area contributed by atoms with Gasteiger partial charge in [-0.1, -0.05) is 80.3 Å². The van der Waals surface area contributed by atoms with E-state index in [0.717, 1.165) is 17.9 Å². The maximum atomic E-state index is 12.6. The molecule has 0 aliphatic carbocycles. The molecule has 0 unspecified atom stereocenters. The third kappa shape index (κ3) is 17.3. The maximum absolute atomic E-state index is 12.6. The normalized spacial score (nSPS) is 8.82. The predicted octanol–water partition coefficient (Wildman–Crippen LogP) is 8.57.